The highest BCUT2D eigenvalue weighted by Crippen LogP contribution is 2.52. The molecule has 1 aliphatic carbocycles. The molecule has 2 aromatic rings. The molecule has 0 radical (unpaired) electrons. The Hall–Kier alpha value is -2.50. The van der Waals surface area contributed by atoms with Crippen molar-refractivity contribution in [2.75, 3.05) is 23.7 Å². The smallest absolute Gasteiger partial charge is 0.228 e. The summed E-state index contributed by atoms with van der Waals surface area (Å²) >= 11 is 0. The first-order valence-electron chi connectivity index (χ1n) is 10.3. The standard InChI is InChI=1S/C22H28N6OS/c1-21(2,3)30(29)27-19-17-7-5-4-6-15(17)13-22(19)8-10-28(11-9-22)20-25-16(14-23)12-18(24)26-20/h4-7,12,19,27H,8-11,13H2,1-3H3,(H2,24,25,26)/t19-,30-/m1/s1. The molecule has 0 unspecified atom stereocenters. The summed E-state index contributed by atoms with van der Waals surface area (Å²) < 4.78 is 16.1. The lowest BCUT2D eigenvalue weighted by molar-refractivity contribution is 0.177. The van der Waals surface area contributed by atoms with E-state index in [1.165, 1.54) is 17.2 Å². The van der Waals surface area contributed by atoms with Gasteiger partial charge < -0.3 is 10.6 Å². The van der Waals surface area contributed by atoms with E-state index in [9.17, 15) is 9.47 Å². The molecule has 30 heavy (non-hydrogen) atoms. The Morgan fingerprint density at radius 2 is 1.97 bits per heavy atom. The van der Waals surface area contributed by atoms with E-state index in [0.717, 1.165) is 32.4 Å². The maximum absolute atomic E-state index is 13.0. The van der Waals surface area contributed by atoms with Crippen LogP contribution in [0.4, 0.5) is 11.8 Å². The van der Waals surface area contributed by atoms with Gasteiger partial charge in [0.1, 0.15) is 17.6 Å². The predicted octanol–water partition coefficient (Wildman–Crippen LogP) is 2.87. The minimum atomic E-state index is -1.16. The Morgan fingerprint density at radius 3 is 2.63 bits per heavy atom. The van der Waals surface area contributed by atoms with Crippen LogP contribution in [0.5, 0.6) is 0 Å². The van der Waals surface area contributed by atoms with Crippen LogP contribution in [0.3, 0.4) is 0 Å². The van der Waals surface area contributed by atoms with Gasteiger partial charge in [0.15, 0.2) is 0 Å². The highest BCUT2D eigenvalue weighted by Gasteiger charge is 2.49. The van der Waals surface area contributed by atoms with Gasteiger partial charge in [-0.3, -0.25) is 0 Å². The third-order valence-corrected chi connectivity index (χ3v) is 7.75. The monoisotopic (exact) mass is 424 g/mol. The molecule has 0 amide bonds. The molecule has 1 fully saturated rings. The number of aromatic nitrogens is 2. The topological polar surface area (TPSA) is 108 Å². The van der Waals surface area contributed by atoms with Gasteiger partial charge in [-0.15, -0.1) is 0 Å². The van der Waals surface area contributed by atoms with E-state index in [0.29, 0.717) is 11.8 Å². The Morgan fingerprint density at radius 1 is 1.27 bits per heavy atom. The number of hydrogen-bond donors (Lipinski definition) is 2. The summed E-state index contributed by atoms with van der Waals surface area (Å²) in [4.78, 5) is 10.8. The van der Waals surface area contributed by atoms with Crippen molar-refractivity contribution in [1.82, 2.24) is 14.7 Å². The van der Waals surface area contributed by atoms with Gasteiger partial charge in [0.05, 0.1) is 21.8 Å². The molecule has 0 bridgehead atoms. The van der Waals surface area contributed by atoms with Gasteiger partial charge in [0.25, 0.3) is 0 Å². The molecule has 7 nitrogen and oxygen atoms in total. The summed E-state index contributed by atoms with van der Waals surface area (Å²) in [6.07, 6.45) is 2.80. The molecule has 2 aliphatic rings. The first kappa shape index (κ1) is 20.8. The number of nitriles is 1. The quantitative estimate of drug-likeness (QED) is 0.784. The van der Waals surface area contributed by atoms with Crippen LogP contribution in [-0.2, 0) is 17.4 Å². The Balaban J connectivity index is 1.59. The SMILES string of the molecule is CC(C)(C)[S@@](=O)N[C@@H]1c2ccccc2CC12CCN(c1nc(N)cc(C#N)n1)CC2. The van der Waals surface area contributed by atoms with Gasteiger partial charge in [-0.1, -0.05) is 24.3 Å². The largest absolute Gasteiger partial charge is 0.383 e. The van der Waals surface area contributed by atoms with Gasteiger partial charge in [0.2, 0.25) is 5.95 Å². The van der Waals surface area contributed by atoms with Gasteiger partial charge in [-0.05, 0) is 56.6 Å². The van der Waals surface area contributed by atoms with Crippen molar-refractivity contribution in [2.24, 2.45) is 5.41 Å². The van der Waals surface area contributed by atoms with E-state index in [4.69, 9.17) is 5.73 Å². The predicted molar refractivity (Wildman–Crippen MR) is 119 cm³/mol. The second-order valence-corrected chi connectivity index (χ2v) is 11.2. The first-order valence-corrected chi connectivity index (χ1v) is 11.4. The fraction of sp³-hybridized carbons (Fsp3) is 0.500. The molecule has 8 heteroatoms. The minimum Gasteiger partial charge on any atom is -0.383 e. The van der Waals surface area contributed by atoms with E-state index in [-0.39, 0.29) is 21.9 Å². The highest BCUT2D eigenvalue weighted by molar-refractivity contribution is 7.84. The van der Waals surface area contributed by atoms with E-state index in [2.05, 4.69) is 43.9 Å². The number of rotatable bonds is 3. The zero-order valence-corrected chi connectivity index (χ0v) is 18.5. The first-order chi connectivity index (χ1) is 14.2. The van der Waals surface area contributed by atoms with Crippen molar-refractivity contribution in [3.05, 3.63) is 47.2 Å². The number of nitrogens with two attached hydrogens (primary N) is 1. The van der Waals surface area contributed by atoms with Crippen molar-refractivity contribution >= 4 is 22.8 Å². The summed E-state index contributed by atoms with van der Waals surface area (Å²) in [5, 5.41) is 9.19. The number of fused-ring (bicyclic) bond motifs is 1. The van der Waals surface area contributed by atoms with Crippen LogP contribution in [0.1, 0.15) is 56.5 Å². The molecule has 4 rings (SSSR count). The molecule has 158 valence electrons. The minimum absolute atomic E-state index is 0.000516. The Kier molecular flexibility index (Phi) is 5.28. The van der Waals surface area contributed by atoms with Crippen LogP contribution >= 0.6 is 0 Å². The molecular weight excluding hydrogens is 396 g/mol. The number of hydrogen-bond acceptors (Lipinski definition) is 6. The number of nitrogen functional groups attached to an aromatic ring is 1. The van der Waals surface area contributed by atoms with Crippen LogP contribution in [0, 0.1) is 16.7 Å². The lowest BCUT2D eigenvalue weighted by Crippen LogP contribution is -2.48. The summed E-state index contributed by atoms with van der Waals surface area (Å²) in [7, 11) is -1.16. The second-order valence-electron chi connectivity index (χ2n) is 9.25. The molecule has 1 aromatic heterocycles. The molecule has 1 aliphatic heterocycles. The van der Waals surface area contributed by atoms with Crippen molar-refractivity contribution in [3.63, 3.8) is 0 Å². The maximum atomic E-state index is 13.0. The molecule has 1 spiro atoms. The van der Waals surface area contributed by atoms with E-state index < -0.39 is 11.0 Å². The average molecular weight is 425 g/mol. The lowest BCUT2D eigenvalue weighted by Gasteiger charge is -2.44. The summed E-state index contributed by atoms with van der Waals surface area (Å²) in [6, 6.07) is 12.1. The molecular formula is C22H28N6OS. The fourth-order valence-electron chi connectivity index (χ4n) is 4.53. The fourth-order valence-corrected chi connectivity index (χ4v) is 5.47. The molecule has 3 N–H and O–H groups in total. The number of anilines is 2. The molecule has 2 atom stereocenters. The lowest BCUT2D eigenvalue weighted by atomic mass is 9.73. The normalized spacial score (nSPS) is 21.3. The number of nitrogens with zero attached hydrogens (tertiary/aromatic N) is 4. The van der Waals surface area contributed by atoms with E-state index in [1.807, 2.05) is 26.8 Å². The molecule has 1 aromatic carbocycles. The van der Waals surface area contributed by atoms with E-state index >= 15 is 0 Å². The number of nitrogens with one attached hydrogen (secondary N) is 1. The van der Waals surface area contributed by atoms with Crippen molar-refractivity contribution in [3.8, 4) is 6.07 Å². The van der Waals surface area contributed by atoms with Crippen LogP contribution in [0.2, 0.25) is 0 Å². The Labute approximate surface area is 180 Å². The average Bonchev–Trinajstić information content (AvgIpc) is 3.00. The van der Waals surface area contributed by atoms with Crippen molar-refractivity contribution in [1.29, 1.82) is 5.26 Å². The van der Waals surface area contributed by atoms with E-state index in [1.54, 1.807) is 0 Å². The zero-order chi connectivity index (χ0) is 21.5. The summed E-state index contributed by atoms with van der Waals surface area (Å²) in [5.41, 5.74) is 8.74. The van der Waals surface area contributed by atoms with Gasteiger partial charge in [-0.25, -0.2) is 13.9 Å². The van der Waals surface area contributed by atoms with Crippen LogP contribution in [0.15, 0.2) is 30.3 Å². The molecule has 0 saturated carbocycles. The van der Waals surface area contributed by atoms with Crippen LogP contribution in [0.25, 0.3) is 0 Å². The second kappa shape index (κ2) is 7.64. The van der Waals surface area contributed by atoms with Crippen molar-refractivity contribution < 1.29 is 4.21 Å². The summed E-state index contributed by atoms with van der Waals surface area (Å²) in [6.45, 7) is 7.52. The maximum Gasteiger partial charge on any atom is 0.228 e. The third kappa shape index (κ3) is 3.80. The van der Waals surface area contributed by atoms with Gasteiger partial charge in [0, 0.05) is 19.2 Å². The summed E-state index contributed by atoms with van der Waals surface area (Å²) in [5.74, 6) is 0.824. The number of piperidine rings is 1. The van der Waals surface area contributed by atoms with Crippen LogP contribution in [-0.4, -0.2) is 32.0 Å². The molecule has 2 heterocycles. The highest BCUT2D eigenvalue weighted by atomic mass is 32.2. The third-order valence-electron chi connectivity index (χ3n) is 6.19. The van der Waals surface area contributed by atoms with Gasteiger partial charge >= 0.3 is 0 Å². The van der Waals surface area contributed by atoms with Crippen LogP contribution < -0.4 is 15.4 Å². The van der Waals surface area contributed by atoms with Crippen molar-refractivity contribution in [2.45, 2.75) is 50.8 Å². The molecule has 1 saturated heterocycles. The zero-order valence-electron chi connectivity index (χ0n) is 17.7. The van der Waals surface area contributed by atoms with Gasteiger partial charge in [-0.2, -0.15) is 10.2 Å². The number of benzene rings is 1. The Bertz CT molecular complexity index is 1020.